The van der Waals surface area contributed by atoms with Crippen LogP contribution in [0.5, 0.6) is 5.75 Å². The molecule has 4 N–H and O–H groups in total. The first-order valence-corrected chi connectivity index (χ1v) is 8.13. The molecule has 0 unspecified atom stereocenters. The molecule has 0 radical (unpaired) electrons. The first-order valence-electron chi connectivity index (χ1n) is 8.13. The maximum atomic E-state index is 14.2. The van der Waals surface area contributed by atoms with Gasteiger partial charge in [-0.25, -0.2) is 9.37 Å². The first-order chi connectivity index (χ1) is 13.2. The van der Waals surface area contributed by atoms with Crippen LogP contribution in [0.1, 0.15) is 0 Å². The molecule has 4 rings (SSSR count). The van der Waals surface area contributed by atoms with Crippen molar-refractivity contribution in [1.82, 2.24) is 20.2 Å². The summed E-state index contributed by atoms with van der Waals surface area (Å²) >= 11 is 0. The molecule has 0 saturated carbocycles. The van der Waals surface area contributed by atoms with Crippen molar-refractivity contribution < 1.29 is 9.50 Å². The van der Waals surface area contributed by atoms with E-state index in [0.717, 1.165) is 17.5 Å². The van der Waals surface area contributed by atoms with Gasteiger partial charge in [0.1, 0.15) is 5.75 Å². The van der Waals surface area contributed by atoms with Crippen LogP contribution in [0, 0.1) is 5.82 Å². The Balaban J connectivity index is 1.57. The normalized spacial score (nSPS) is 10.6. The van der Waals surface area contributed by atoms with Crippen LogP contribution in [-0.2, 0) is 0 Å². The molecule has 8 heteroatoms. The van der Waals surface area contributed by atoms with Gasteiger partial charge in [-0.2, -0.15) is 10.1 Å². The van der Waals surface area contributed by atoms with Crippen molar-refractivity contribution >= 4 is 23.1 Å². The van der Waals surface area contributed by atoms with Gasteiger partial charge in [0, 0.05) is 23.1 Å². The number of hydrogen-bond acceptors (Lipinski definition) is 6. The molecule has 0 aliphatic rings. The number of nitrogens with one attached hydrogen (secondary N) is 3. The van der Waals surface area contributed by atoms with Crippen molar-refractivity contribution in [1.29, 1.82) is 0 Å². The second kappa shape index (κ2) is 7.12. The Hall–Kier alpha value is -3.94. The van der Waals surface area contributed by atoms with E-state index in [-0.39, 0.29) is 17.5 Å². The molecule has 2 aromatic carbocycles. The Bertz CT molecular complexity index is 1050. The summed E-state index contributed by atoms with van der Waals surface area (Å²) in [4.78, 5) is 8.13. The van der Waals surface area contributed by atoms with E-state index in [1.807, 2.05) is 30.3 Å². The van der Waals surface area contributed by atoms with Gasteiger partial charge in [-0.3, -0.25) is 5.10 Å². The van der Waals surface area contributed by atoms with E-state index in [2.05, 4.69) is 30.8 Å². The molecule has 0 bridgehead atoms. The SMILES string of the molecule is Oc1ccc(Nc2ncc(F)c(Nc3cccc(-c4ccn[nH]4)c3)n2)cc1. The zero-order valence-electron chi connectivity index (χ0n) is 14.0. The minimum Gasteiger partial charge on any atom is -0.508 e. The second-order valence-electron chi connectivity index (χ2n) is 5.74. The van der Waals surface area contributed by atoms with E-state index in [0.29, 0.717) is 11.4 Å². The molecule has 0 fully saturated rings. The van der Waals surface area contributed by atoms with Gasteiger partial charge in [0.2, 0.25) is 5.95 Å². The maximum absolute atomic E-state index is 14.2. The lowest BCUT2D eigenvalue weighted by Gasteiger charge is -2.10. The molecule has 0 spiro atoms. The Morgan fingerprint density at radius 3 is 2.59 bits per heavy atom. The highest BCUT2D eigenvalue weighted by molar-refractivity contribution is 5.68. The Morgan fingerprint density at radius 1 is 0.963 bits per heavy atom. The van der Waals surface area contributed by atoms with Crippen molar-refractivity contribution in [3.05, 3.63) is 72.8 Å². The molecule has 0 atom stereocenters. The van der Waals surface area contributed by atoms with Crippen LogP contribution in [0.2, 0.25) is 0 Å². The average molecular weight is 362 g/mol. The molecule has 7 nitrogen and oxygen atoms in total. The van der Waals surface area contributed by atoms with Crippen LogP contribution in [0.15, 0.2) is 67.0 Å². The highest BCUT2D eigenvalue weighted by Gasteiger charge is 2.09. The van der Waals surface area contributed by atoms with Crippen molar-refractivity contribution in [2.75, 3.05) is 10.6 Å². The van der Waals surface area contributed by atoms with Gasteiger partial charge in [-0.1, -0.05) is 12.1 Å². The van der Waals surface area contributed by atoms with E-state index >= 15 is 0 Å². The van der Waals surface area contributed by atoms with Gasteiger partial charge < -0.3 is 15.7 Å². The van der Waals surface area contributed by atoms with Crippen LogP contribution in [0.3, 0.4) is 0 Å². The first kappa shape index (κ1) is 16.5. The van der Waals surface area contributed by atoms with E-state index in [1.165, 1.54) is 12.1 Å². The summed E-state index contributed by atoms with van der Waals surface area (Å²) in [6, 6.07) is 15.7. The third kappa shape index (κ3) is 3.84. The van der Waals surface area contributed by atoms with Gasteiger partial charge in [-0.05, 0) is 42.5 Å². The fraction of sp³-hybridized carbons (Fsp3) is 0. The van der Waals surface area contributed by atoms with E-state index in [9.17, 15) is 9.50 Å². The molecule has 0 saturated heterocycles. The summed E-state index contributed by atoms with van der Waals surface area (Å²) in [5.41, 5.74) is 3.12. The smallest absolute Gasteiger partial charge is 0.229 e. The summed E-state index contributed by atoms with van der Waals surface area (Å²) in [5.74, 6) is -0.138. The molecule has 27 heavy (non-hydrogen) atoms. The number of halogens is 1. The van der Waals surface area contributed by atoms with Crippen molar-refractivity contribution in [2.45, 2.75) is 0 Å². The van der Waals surface area contributed by atoms with Crippen LogP contribution in [0.4, 0.5) is 27.5 Å². The standard InChI is InChI=1S/C19H15FN6O/c20-16-11-21-19(24-13-4-6-15(27)7-5-13)25-18(16)23-14-3-1-2-12(10-14)17-8-9-22-26-17/h1-11,27H,(H,22,26)(H2,21,23,24,25). The summed E-state index contributed by atoms with van der Waals surface area (Å²) in [7, 11) is 0. The van der Waals surface area contributed by atoms with Crippen LogP contribution in [0.25, 0.3) is 11.3 Å². The molecule has 2 heterocycles. The Kier molecular flexibility index (Phi) is 4.36. The molecular weight excluding hydrogens is 347 g/mol. The van der Waals surface area contributed by atoms with Gasteiger partial charge >= 0.3 is 0 Å². The number of hydrogen-bond donors (Lipinski definition) is 4. The molecule has 0 aliphatic carbocycles. The van der Waals surface area contributed by atoms with Crippen molar-refractivity contribution in [3.8, 4) is 17.0 Å². The minimum atomic E-state index is -0.571. The zero-order chi connectivity index (χ0) is 18.6. The number of aromatic hydroxyl groups is 1. The van der Waals surface area contributed by atoms with E-state index < -0.39 is 5.82 Å². The number of nitrogens with zero attached hydrogens (tertiary/aromatic N) is 3. The van der Waals surface area contributed by atoms with Gasteiger partial charge in [-0.15, -0.1) is 0 Å². The fourth-order valence-corrected chi connectivity index (χ4v) is 2.51. The highest BCUT2D eigenvalue weighted by atomic mass is 19.1. The zero-order valence-corrected chi connectivity index (χ0v) is 14.0. The van der Waals surface area contributed by atoms with E-state index in [1.54, 1.807) is 18.3 Å². The van der Waals surface area contributed by atoms with Crippen molar-refractivity contribution in [3.63, 3.8) is 0 Å². The topological polar surface area (TPSA) is 98.7 Å². The predicted molar refractivity (Wildman–Crippen MR) is 101 cm³/mol. The number of rotatable bonds is 5. The summed E-state index contributed by atoms with van der Waals surface area (Å²) in [6.07, 6.45) is 2.76. The van der Waals surface area contributed by atoms with Crippen LogP contribution in [-0.4, -0.2) is 25.3 Å². The lowest BCUT2D eigenvalue weighted by atomic mass is 10.1. The maximum Gasteiger partial charge on any atom is 0.229 e. The lowest BCUT2D eigenvalue weighted by Crippen LogP contribution is -2.03. The molecular formula is C19H15FN6O. The van der Waals surface area contributed by atoms with E-state index in [4.69, 9.17) is 0 Å². The molecule has 0 aliphatic heterocycles. The lowest BCUT2D eigenvalue weighted by molar-refractivity contribution is 0.475. The second-order valence-corrected chi connectivity index (χ2v) is 5.74. The average Bonchev–Trinajstić information content (AvgIpc) is 3.21. The third-order valence-electron chi connectivity index (χ3n) is 3.80. The van der Waals surface area contributed by atoms with Crippen LogP contribution >= 0.6 is 0 Å². The quantitative estimate of drug-likeness (QED) is 0.397. The summed E-state index contributed by atoms with van der Waals surface area (Å²) in [6.45, 7) is 0. The van der Waals surface area contributed by atoms with Gasteiger partial charge in [0.25, 0.3) is 0 Å². The van der Waals surface area contributed by atoms with Gasteiger partial charge in [0.15, 0.2) is 11.6 Å². The third-order valence-corrected chi connectivity index (χ3v) is 3.80. The number of aromatic amines is 1. The molecule has 4 aromatic rings. The minimum absolute atomic E-state index is 0.0491. The highest BCUT2D eigenvalue weighted by Crippen LogP contribution is 2.25. The fourth-order valence-electron chi connectivity index (χ4n) is 2.51. The molecule has 134 valence electrons. The van der Waals surface area contributed by atoms with Gasteiger partial charge in [0.05, 0.1) is 11.9 Å². The van der Waals surface area contributed by atoms with Crippen molar-refractivity contribution in [2.24, 2.45) is 0 Å². The number of aromatic nitrogens is 4. The number of benzene rings is 2. The number of phenols is 1. The Labute approximate surface area is 153 Å². The Morgan fingerprint density at radius 2 is 1.81 bits per heavy atom. The number of phenolic OH excluding ortho intramolecular Hbond substituents is 1. The molecule has 0 amide bonds. The largest absolute Gasteiger partial charge is 0.508 e. The molecule has 2 aromatic heterocycles. The monoisotopic (exact) mass is 362 g/mol. The predicted octanol–water partition coefficient (Wildman–Crippen LogP) is 4.20. The summed E-state index contributed by atoms with van der Waals surface area (Å²) in [5, 5.41) is 22.1. The van der Waals surface area contributed by atoms with Crippen LogP contribution < -0.4 is 10.6 Å². The number of H-pyrrole nitrogens is 1. The summed E-state index contributed by atoms with van der Waals surface area (Å²) < 4.78 is 14.2. The number of anilines is 4.